The summed E-state index contributed by atoms with van der Waals surface area (Å²) in [5, 5.41) is 7.74. The molecule has 4 nitrogen and oxygen atoms in total. The van der Waals surface area contributed by atoms with Crippen LogP contribution < -0.4 is 5.32 Å². The standard InChI is InChI=1S/C13H21N3O/c1-2-6-16-7-5-13-11(9-16)12(15-17-13)8-14-10-3-4-10/h10,14H,2-9H2,1H3. The lowest BCUT2D eigenvalue weighted by Gasteiger charge is -2.25. The van der Waals surface area contributed by atoms with Crippen molar-refractivity contribution in [2.24, 2.45) is 0 Å². The Hall–Kier alpha value is -0.870. The highest BCUT2D eigenvalue weighted by molar-refractivity contribution is 5.25. The van der Waals surface area contributed by atoms with Crippen molar-refractivity contribution in [1.29, 1.82) is 0 Å². The van der Waals surface area contributed by atoms with Crippen LogP contribution in [-0.4, -0.2) is 29.2 Å². The fourth-order valence-corrected chi connectivity index (χ4v) is 2.49. The minimum atomic E-state index is 0.734. The van der Waals surface area contributed by atoms with E-state index in [1.54, 1.807) is 0 Å². The maximum absolute atomic E-state index is 5.45. The average Bonchev–Trinajstić information content (AvgIpc) is 3.08. The molecule has 1 saturated carbocycles. The Bertz CT molecular complexity index is 384. The maximum Gasteiger partial charge on any atom is 0.142 e. The van der Waals surface area contributed by atoms with Gasteiger partial charge in [-0.3, -0.25) is 4.90 Å². The van der Waals surface area contributed by atoms with Gasteiger partial charge in [-0.05, 0) is 25.8 Å². The van der Waals surface area contributed by atoms with Gasteiger partial charge in [0.1, 0.15) is 11.5 Å². The van der Waals surface area contributed by atoms with Gasteiger partial charge in [-0.25, -0.2) is 0 Å². The first-order valence-corrected chi connectivity index (χ1v) is 6.79. The molecule has 0 saturated heterocycles. The second kappa shape index (κ2) is 4.78. The molecule has 0 unspecified atom stereocenters. The van der Waals surface area contributed by atoms with E-state index >= 15 is 0 Å². The summed E-state index contributed by atoms with van der Waals surface area (Å²) in [5.74, 6) is 1.12. The molecule has 0 bridgehead atoms. The van der Waals surface area contributed by atoms with Gasteiger partial charge in [0.15, 0.2) is 0 Å². The van der Waals surface area contributed by atoms with E-state index in [0.29, 0.717) is 0 Å². The Morgan fingerprint density at radius 2 is 2.35 bits per heavy atom. The third kappa shape index (κ3) is 2.53. The number of nitrogens with zero attached hydrogens (tertiary/aromatic N) is 2. The molecular formula is C13H21N3O. The van der Waals surface area contributed by atoms with Crippen molar-refractivity contribution >= 4 is 0 Å². The summed E-state index contributed by atoms with van der Waals surface area (Å²) in [6.07, 6.45) is 4.88. The normalized spacial score (nSPS) is 20.5. The van der Waals surface area contributed by atoms with Crippen LogP contribution in [0, 0.1) is 0 Å². The molecule has 0 atom stereocenters. The molecule has 94 valence electrons. The average molecular weight is 235 g/mol. The molecule has 1 aliphatic carbocycles. The van der Waals surface area contributed by atoms with Crippen LogP contribution in [0.25, 0.3) is 0 Å². The van der Waals surface area contributed by atoms with Crippen LogP contribution in [0.15, 0.2) is 4.52 Å². The minimum absolute atomic E-state index is 0.734. The van der Waals surface area contributed by atoms with E-state index in [-0.39, 0.29) is 0 Å². The highest BCUT2D eigenvalue weighted by Crippen LogP contribution is 2.24. The Morgan fingerprint density at radius 1 is 1.47 bits per heavy atom. The van der Waals surface area contributed by atoms with Crippen molar-refractivity contribution in [1.82, 2.24) is 15.4 Å². The molecule has 0 aromatic carbocycles. The van der Waals surface area contributed by atoms with Gasteiger partial charge in [-0.15, -0.1) is 0 Å². The van der Waals surface area contributed by atoms with Crippen LogP contribution in [-0.2, 0) is 19.5 Å². The van der Waals surface area contributed by atoms with Crippen LogP contribution >= 0.6 is 0 Å². The van der Waals surface area contributed by atoms with E-state index in [1.165, 1.54) is 31.4 Å². The summed E-state index contributed by atoms with van der Waals surface area (Å²) < 4.78 is 5.45. The second-order valence-electron chi connectivity index (χ2n) is 5.21. The van der Waals surface area contributed by atoms with Crippen LogP contribution in [0.3, 0.4) is 0 Å². The number of rotatable bonds is 5. The number of hydrogen-bond acceptors (Lipinski definition) is 4. The molecule has 1 fully saturated rings. The molecule has 3 rings (SSSR count). The molecule has 1 aromatic rings. The fraction of sp³-hybridized carbons (Fsp3) is 0.769. The maximum atomic E-state index is 5.45. The molecule has 0 radical (unpaired) electrons. The van der Waals surface area contributed by atoms with Crippen molar-refractivity contribution in [3.63, 3.8) is 0 Å². The minimum Gasteiger partial charge on any atom is -0.361 e. The van der Waals surface area contributed by atoms with Gasteiger partial charge in [0, 0.05) is 37.7 Å². The first-order valence-electron chi connectivity index (χ1n) is 6.79. The van der Waals surface area contributed by atoms with Crippen molar-refractivity contribution < 1.29 is 4.52 Å². The van der Waals surface area contributed by atoms with E-state index in [1.807, 2.05) is 0 Å². The first-order chi connectivity index (χ1) is 8.36. The van der Waals surface area contributed by atoms with Crippen molar-refractivity contribution in [2.45, 2.75) is 51.7 Å². The molecule has 4 heteroatoms. The zero-order valence-electron chi connectivity index (χ0n) is 10.5. The Labute approximate surface area is 102 Å². The van der Waals surface area contributed by atoms with Gasteiger partial charge in [-0.1, -0.05) is 12.1 Å². The number of nitrogens with one attached hydrogen (secondary N) is 1. The molecule has 0 spiro atoms. The zero-order valence-corrected chi connectivity index (χ0v) is 10.5. The predicted molar refractivity (Wildman–Crippen MR) is 65.6 cm³/mol. The topological polar surface area (TPSA) is 41.3 Å². The van der Waals surface area contributed by atoms with Crippen molar-refractivity contribution in [2.75, 3.05) is 13.1 Å². The molecule has 17 heavy (non-hydrogen) atoms. The smallest absolute Gasteiger partial charge is 0.142 e. The van der Waals surface area contributed by atoms with Gasteiger partial charge in [0.05, 0.1) is 0 Å². The highest BCUT2D eigenvalue weighted by atomic mass is 16.5. The molecule has 1 aromatic heterocycles. The van der Waals surface area contributed by atoms with E-state index in [2.05, 4.69) is 22.3 Å². The fourth-order valence-electron chi connectivity index (χ4n) is 2.49. The largest absolute Gasteiger partial charge is 0.361 e. The van der Waals surface area contributed by atoms with Gasteiger partial charge < -0.3 is 9.84 Å². The lowest BCUT2D eigenvalue weighted by Crippen LogP contribution is -2.31. The molecule has 2 heterocycles. The summed E-state index contributed by atoms with van der Waals surface area (Å²) in [5.41, 5.74) is 2.48. The number of fused-ring (bicyclic) bond motifs is 1. The SMILES string of the molecule is CCCN1CCc2onc(CNC3CC3)c2C1. The summed E-state index contributed by atoms with van der Waals surface area (Å²) in [6.45, 7) is 6.43. The van der Waals surface area contributed by atoms with E-state index in [4.69, 9.17) is 4.52 Å². The monoisotopic (exact) mass is 235 g/mol. The lowest BCUT2D eigenvalue weighted by atomic mass is 10.1. The van der Waals surface area contributed by atoms with Crippen molar-refractivity contribution in [3.05, 3.63) is 17.0 Å². The zero-order chi connectivity index (χ0) is 11.7. The van der Waals surface area contributed by atoms with Gasteiger partial charge >= 0.3 is 0 Å². The summed E-state index contributed by atoms with van der Waals surface area (Å²) in [7, 11) is 0. The quantitative estimate of drug-likeness (QED) is 0.843. The third-order valence-electron chi connectivity index (χ3n) is 3.66. The highest BCUT2D eigenvalue weighted by Gasteiger charge is 2.25. The van der Waals surface area contributed by atoms with Crippen LogP contribution in [0.1, 0.15) is 43.2 Å². The lowest BCUT2D eigenvalue weighted by molar-refractivity contribution is 0.237. The van der Waals surface area contributed by atoms with Crippen LogP contribution in [0.5, 0.6) is 0 Å². The van der Waals surface area contributed by atoms with E-state index < -0.39 is 0 Å². The Balaban J connectivity index is 1.66. The van der Waals surface area contributed by atoms with Gasteiger partial charge in [-0.2, -0.15) is 0 Å². The molecule has 0 amide bonds. The summed E-state index contributed by atoms with van der Waals surface area (Å²) in [4.78, 5) is 2.50. The van der Waals surface area contributed by atoms with Crippen LogP contribution in [0.2, 0.25) is 0 Å². The second-order valence-corrected chi connectivity index (χ2v) is 5.21. The summed E-state index contributed by atoms with van der Waals surface area (Å²) in [6, 6.07) is 0.734. The van der Waals surface area contributed by atoms with Gasteiger partial charge in [0.25, 0.3) is 0 Å². The number of aromatic nitrogens is 1. The Kier molecular flexibility index (Phi) is 3.16. The third-order valence-corrected chi connectivity index (χ3v) is 3.66. The van der Waals surface area contributed by atoms with Gasteiger partial charge in [0.2, 0.25) is 0 Å². The molecule has 2 aliphatic rings. The molecule has 1 aliphatic heterocycles. The first kappa shape index (κ1) is 11.2. The molecule has 1 N–H and O–H groups in total. The number of hydrogen-bond donors (Lipinski definition) is 1. The molecular weight excluding hydrogens is 214 g/mol. The van der Waals surface area contributed by atoms with E-state index in [0.717, 1.165) is 43.6 Å². The van der Waals surface area contributed by atoms with Crippen LogP contribution in [0.4, 0.5) is 0 Å². The Morgan fingerprint density at radius 3 is 3.12 bits per heavy atom. The predicted octanol–water partition coefficient (Wildman–Crippen LogP) is 1.69. The van der Waals surface area contributed by atoms with E-state index in [9.17, 15) is 0 Å². The van der Waals surface area contributed by atoms with Crippen molar-refractivity contribution in [3.8, 4) is 0 Å². The summed E-state index contributed by atoms with van der Waals surface area (Å²) >= 11 is 0.